The van der Waals surface area contributed by atoms with Crippen LogP contribution in [0.25, 0.3) is 0 Å². The van der Waals surface area contributed by atoms with Crippen LogP contribution in [0, 0.1) is 12.3 Å². The zero-order valence-electron chi connectivity index (χ0n) is 11.8. The van der Waals surface area contributed by atoms with Crippen LogP contribution in [0.5, 0.6) is 0 Å². The van der Waals surface area contributed by atoms with E-state index in [4.69, 9.17) is 5.11 Å². The molecule has 0 aliphatic rings. The van der Waals surface area contributed by atoms with E-state index in [0.717, 1.165) is 0 Å². The minimum absolute atomic E-state index is 0.498. The van der Waals surface area contributed by atoms with Crippen LogP contribution < -0.4 is 0 Å². The molecule has 1 N–H and O–H groups in total. The maximum atomic E-state index is 11.1. The number of aryl methyl sites for hydroxylation is 1. The summed E-state index contributed by atoms with van der Waals surface area (Å²) in [6.07, 6.45) is 0. The maximum Gasteiger partial charge on any atom is 0.309 e. The van der Waals surface area contributed by atoms with Gasteiger partial charge < -0.3 is 5.11 Å². The summed E-state index contributed by atoms with van der Waals surface area (Å²) in [6.45, 7) is 9.94. The zero-order chi connectivity index (χ0) is 13.9. The predicted octanol–water partition coefficient (Wildman–Crippen LogP) is 4.32. The van der Waals surface area contributed by atoms with Crippen molar-refractivity contribution in [2.24, 2.45) is 5.41 Å². The average molecular weight is 266 g/mol. The summed E-state index contributed by atoms with van der Waals surface area (Å²) >= 11 is 1.63. The van der Waals surface area contributed by atoms with Gasteiger partial charge >= 0.3 is 5.97 Å². The minimum atomic E-state index is -0.743. The number of carboxylic acid groups (broad SMARTS) is 1. The number of carboxylic acids is 1. The Hall–Kier alpha value is -0.960. The van der Waals surface area contributed by atoms with Crippen LogP contribution in [-0.2, 0) is 4.79 Å². The van der Waals surface area contributed by atoms with E-state index in [9.17, 15) is 4.79 Å². The van der Waals surface area contributed by atoms with Crippen LogP contribution >= 0.6 is 11.8 Å². The van der Waals surface area contributed by atoms with Gasteiger partial charge in [-0.05, 0) is 43.9 Å². The second-order valence-corrected chi connectivity index (χ2v) is 6.67. The highest BCUT2D eigenvalue weighted by atomic mass is 32.2. The van der Waals surface area contributed by atoms with Crippen molar-refractivity contribution in [2.75, 3.05) is 5.75 Å². The number of hydrogen-bond acceptors (Lipinski definition) is 2. The van der Waals surface area contributed by atoms with Gasteiger partial charge in [-0.1, -0.05) is 26.0 Å². The Morgan fingerprint density at radius 3 is 2.50 bits per heavy atom. The van der Waals surface area contributed by atoms with E-state index in [1.54, 1.807) is 25.6 Å². The Balaban J connectivity index is 2.84. The molecule has 0 amide bonds. The number of benzene rings is 1. The number of aliphatic carboxylic acids is 1. The predicted molar refractivity (Wildman–Crippen MR) is 77.4 cm³/mol. The third-order valence-electron chi connectivity index (χ3n) is 3.05. The van der Waals surface area contributed by atoms with Gasteiger partial charge in [0.25, 0.3) is 0 Å². The Labute approximate surface area is 114 Å². The molecule has 0 unspecified atom stereocenters. The molecule has 0 aromatic heterocycles. The van der Waals surface area contributed by atoms with Crippen LogP contribution in [0.15, 0.2) is 23.1 Å². The summed E-state index contributed by atoms with van der Waals surface area (Å²) in [5, 5.41) is 9.12. The van der Waals surface area contributed by atoms with Gasteiger partial charge in [0.05, 0.1) is 5.41 Å². The highest BCUT2D eigenvalue weighted by Crippen LogP contribution is 2.31. The Morgan fingerprint density at radius 2 is 2.00 bits per heavy atom. The number of rotatable bonds is 5. The van der Waals surface area contributed by atoms with E-state index >= 15 is 0 Å². The summed E-state index contributed by atoms with van der Waals surface area (Å²) < 4.78 is 0. The average Bonchev–Trinajstić information content (AvgIpc) is 2.27. The maximum absolute atomic E-state index is 11.1. The smallest absolute Gasteiger partial charge is 0.309 e. The van der Waals surface area contributed by atoms with Gasteiger partial charge in [0.1, 0.15) is 0 Å². The van der Waals surface area contributed by atoms with E-state index in [-0.39, 0.29) is 0 Å². The standard InChI is InChI=1S/C15H22O2S/c1-10(2)12-7-6-11(3)13(8-12)18-9-15(4,5)14(16)17/h6-8,10H,9H2,1-5H3,(H,16,17). The van der Waals surface area contributed by atoms with Crippen molar-refractivity contribution in [3.63, 3.8) is 0 Å². The third kappa shape index (κ3) is 3.77. The highest BCUT2D eigenvalue weighted by molar-refractivity contribution is 7.99. The number of thioether (sulfide) groups is 1. The van der Waals surface area contributed by atoms with E-state index < -0.39 is 11.4 Å². The van der Waals surface area contributed by atoms with Gasteiger partial charge in [-0.15, -0.1) is 11.8 Å². The van der Waals surface area contributed by atoms with E-state index in [0.29, 0.717) is 11.7 Å². The lowest BCUT2D eigenvalue weighted by atomic mass is 9.97. The molecule has 0 bridgehead atoms. The van der Waals surface area contributed by atoms with Crippen LogP contribution in [0.3, 0.4) is 0 Å². The molecule has 0 fully saturated rings. The summed E-state index contributed by atoms with van der Waals surface area (Å²) in [6, 6.07) is 6.44. The first-order valence-corrected chi connectivity index (χ1v) is 7.19. The van der Waals surface area contributed by atoms with Gasteiger partial charge in [0, 0.05) is 10.6 Å². The van der Waals surface area contributed by atoms with Gasteiger partial charge in [-0.25, -0.2) is 0 Å². The largest absolute Gasteiger partial charge is 0.481 e. The second-order valence-electron chi connectivity index (χ2n) is 5.66. The molecule has 1 aromatic carbocycles. The van der Waals surface area contributed by atoms with Crippen molar-refractivity contribution >= 4 is 17.7 Å². The molecule has 0 saturated heterocycles. The van der Waals surface area contributed by atoms with E-state index in [1.807, 2.05) is 0 Å². The fraction of sp³-hybridized carbons (Fsp3) is 0.533. The number of hydrogen-bond donors (Lipinski definition) is 1. The van der Waals surface area contributed by atoms with Crippen molar-refractivity contribution in [3.8, 4) is 0 Å². The van der Waals surface area contributed by atoms with E-state index in [1.165, 1.54) is 16.0 Å². The van der Waals surface area contributed by atoms with Gasteiger partial charge in [0.2, 0.25) is 0 Å². The zero-order valence-corrected chi connectivity index (χ0v) is 12.6. The summed E-state index contributed by atoms with van der Waals surface area (Å²) in [4.78, 5) is 12.3. The Kier molecular flexibility index (Phi) is 4.85. The molecule has 0 saturated carbocycles. The van der Waals surface area contributed by atoms with Gasteiger partial charge in [0.15, 0.2) is 0 Å². The minimum Gasteiger partial charge on any atom is -0.481 e. The molecule has 0 atom stereocenters. The molecule has 1 aromatic rings. The molecule has 18 heavy (non-hydrogen) atoms. The molecule has 0 heterocycles. The molecule has 0 aliphatic carbocycles. The Morgan fingerprint density at radius 1 is 1.39 bits per heavy atom. The van der Waals surface area contributed by atoms with Gasteiger partial charge in [-0.2, -0.15) is 0 Å². The molecule has 2 nitrogen and oxygen atoms in total. The summed E-state index contributed by atoms with van der Waals surface area (Å²) in [5.41, 5.74) is 1.83. The summed E-state index contributed by atoms with van der Waals surface area (Å²) in [5.74, 6) is 0.343. The lowest BCUT2D eigenvalue weighted by Gasteiger charge is -2.19. The first-order valence-electron chi connectivity index (χ1n) is 6.21. The van der Waals surface area contributed by atoms with Crippen molar-refractivity contribution in [1.29, 1.82) is 0 Å². The Bertz CT molecular complexity index is 436. The first kappa shape index (κ1) is 15.1. The SMILES string of the molecule is Cc1ccc(C(C)C)cc1SCC(C)(C)C(=O)O. The van der Waals surface area contributed by atoms with Crippen LogP contribution in [0.4, 0.5) is 0 Å². The highest BCUT2D eigenvalue weighted by Gasteiger charge is 2.27. The van der Waals surface area contributed by atoms with Crippen LogP contribution in [0.1, 0.15) is 44.7 Å². The molecule has 0 radical (unpaired) electrons. The number of carbonyl (C=O) groups is 1. The normalized spacial score (nSPS) is 11.9. The molecule has 100 valence electrons. The van der Waals surface area contributed by atoms with Gasteiger partial charge in [-0.3, -0.25) is 4.79 Å². The fourth-order valence-corrected chi connectivity index (χ4v) is 2.61. The molecule has 0 spiro atoms. The lowest BCUT2D eigenvalue weighted by Crippen LogP contribution is -2.26. The van der Waals surface area contributed by atoms with E-state index in [2.05, 4.69) is 39.0 Å². The fourth-order valence-electron chi connectivity index (χ4n) is 1.45. The molecular weight excluding hydrogens is 244 g/mol. The molecule has 3 heteroatoms. The van der Waals surface area contributed by atoms with Crippen LogP contribution in [0.2, 0.25) is 0 Å². The molecular formula is C15H22O2S. The quantitative estimate of drug-likeness (QED) is 0.806. The van der Waals surface area contributed by atoms with Crippen LogP contribution in [-0.4, -0.2) is 16.8 Å². The first-order chi connectivity index (χ1) is 8.24. The van der Waals surface area contributed by atoms with Crippen molar-refractivity contribution in [3.05, 3.63) is 29.3 Å². The second kappa shape index (κ2) is 5.79. The monoisotopic (exact) mass is 266 g/mol. The third-order valence-corrected chi connectivity index (χ3v) is 4.66. The van der Waals surface area contributed by atoms with Crippen molar-refractivity contribution in [1.82, 2.24) is 0 Å². The molecule has 0 aliphatic heterocycles. The summed E-state index contributed by atoms with van der Waals surface area (Å²) in [7, 11) is 0. The molecule has 1 rings (SSSR count). The lowest BCUT2D eigenvalue weighted by molar-refractivity contribution is -0.145. The topological polar surface area (TPSA) is 37.3 Å². The van der Waals surface area contributed by atoms with Crippen molar-refractivity contribution in [2.45, 2.75) is 45.4 Å². The van der Waals surface area contributed by atoms with Crippen molar-refractivity contribution < 1.29 is 9.90 Å².